The molecule has 0 aliphatic rings. The Morgan fingerprint density at radius 2 is 1.83 bits per heavy atom. The summed E-state index contributed by atoms with van der Waals surface area (Å²) >= 11 is 0. The molecule has 1 amide bonds. The largest absolute Gasteiger partial charge is 0.492 e. The summed E-state index contributed by atoms with van der Waals surface area (Å²) in [6.45, 7) is 6.10. The highest BCUT2D eigenvalue weighted by molar-refractivity contribution is 5.92. The minimum Gasteiger partial charge on any atom is -0.492 e. The number of rotatable bonds is 9. The predicted molar refractivity (Wildman–Crippen MR) is 132 cm³/mol. The van der Waals surface area contributed by atoms with Crippen LogP contribution >= 0.6 is 0 Å². The van der Waals surface area contributed by atoms with Crippen molar-refractivity contribution in [3.8, 4) is 23.0 Å². The molecule has 0 atom stereocenters. The Morgan fingerprint density at radius 1 is 1.08 bits per heavy atom. The maximum Gasteiger partial charge on any atom is 0.352 e. The van der Waals surface area contributed by atoms with Crippen LogP contribution in [0.25, 0.3) is 17.2 Å². The first-order valence-electron chi connectivity index (χ1n) is 11.6. The molecule has 0 aliphatic carbocycles. The van der Waals surface area contributed by atoms with E-state index in [0.29, 0.717) is 23.7 Å². The van der Waals surface area contributed by atoms with Crippen LogP contribution in [0.2, 0.25) is 0 Å². The molecule has 11 heteroatoms. The van der Waals surface area contributed by atoms with Gasteiger partial charge in [0.1, 0.15) is 5.75 Å². The number of benzene rings is 2. The third-order valence-electron chi connectivity index (χ3n) is 5.36. The molecule has 0 unspecified atom stereocenters. The normalized spacial score (nSPS) is 10.9. The van der Waals surface area contributed by atoms with E-state index in [1.165, 1.54) is 0 Å². The Morgan fingerprint density at radius 3 is 2.56 bits per heavy atom. The number of carbonyl (C=O) groups excluding carboxylic acids is 1. The van der Waals surface area contributed by atoms with Gasteiger partial charge in [0.25, 0.3) is 5.56 Å². The number of amides is 1. The Bertz CT molecular complexity index is 1490. The fourth-order valence-electron chi connectivity index (χ4n) is 3.52. The van der Waals surface area contributed by atoms with Crippen LogP contribution in [0, 0.1) is 6.92 Å². The number of aryl methyl sites for hydroxylation is 2. The van der Waals surface area contributed by atoms with Crippen molar-refractivity contribution in [3.63, 3.8) is 0 Å². The summed E-state index contributed by atoms with van der Waals surface area (Å²) in [6, 6.07) is 14.3. The van der Waals surface area contributed by atoms with Crippen molar-refractivity contribution in [3.05, 3.63) is 80.8 Å². The highest BCUT2D eigenvalue weighted by Crippen LogP contribution is 2.24. The van der Waals surface area contributed by atoms with Crippen LogP contribution in [0.3, 0.4) is 0 Å². The minimum atomic E-state index is -0.622. The maximum atomic E-state index is 12.9. The van der Waals surface area contributed by atoms with E-state index in [1.54, 1.807) is 37.3 Å². The van der Waals surface area contributed by atoms with Gasteiger partial charge in [-0.2, -0.15) is 14.8 Å². The van der Waals surface area contributed by atoms with Gasteiger partial charge in [-0.15, -0.1) is 0 Å². The van der Waals surface area contributed by atoms with Crippen LogP contribution in [0.1, 0.15) is 31.7 Å². The topological polar surface area (TPSA) is 134 Å². The average Bonchev–Trinajstić information content (AvgIpc) is 3.34. The summed E-state index contributed by atoms with van der Waals surface area (Å²) in [5, 5.41) is 10.9. The summed E-state index contributed by atoms with van der Waals surface area (Å²) in [6.07, 6.45) is 0.215. The molecule has 0 radical (unpaired) electrons. The highest BCUT2D eigenvalue weighted by Gasteiger charge is 2.20. The smallest absolute Gasteiger partial charge is 0.352 e. The molecule has 2 aromatic heterocycles. The number of hydrogen-bond acceptors (Lipinski definition) is 8. The van der Waals surface area contributed by atoms with E-state index in [2.05, 4.69) is 20.6 Å². The first kappa shape index (κ1) is 24.6. The quantitative estimate of drug-likeness (QED) is 0.379. The molecule has 0 saturated heterocycles. The standard InChI is InChI=1S/C25H26N6O5/c1-4-30-24(33)22(28-31(25(30)34)17-12-10-16(3)11-13-17)23-27-21(36-29-23)15-14-20(32)26-18-8-6-7-9-19(18)35-5-2/h6-13H,4-5,14-15H2,1-3H3,(H,26,32). The third kappa shape index (κ3) is 5.24. The van der Waals surface area contributed by atoms with Crippen LogP contribution in [-0.4, -0.2) is 37.0 Å². The van der Waals surface area contributed by atoms with Crippen LogP contribution < -0.4 is 21.3 Å². The van der Waals surface area contributed by atoms with Crippen LogP contribution in [0.4, 0.5) is 5.69 Å². The molecule has 0 bridgehead atoms. The predicted octanol–water partition coefficient (Wildman–Crippen LogP) is 2.74. The summed E-state index contributed by atoms with van der Waals surface area (Å²) in [5.74, 6) is 0.424. The van der Waals surface area contributed by atoms with Gasteiger partial charge in [0.05, 0.1) is 18.0 Å². The van der Waals surface area contributed by atoms with Gasteiger partial charge >= 0.3 is 5.69 Å². The number of para-hydroxylation sites is 2. The minimum absolute atomic E-state index is 0.0554. The molecule has 36 heavy (non-hydrogen) atoms. The second kappa shape index (κ2) is 10.8. The third-order valence-corrected chi connectivity index (χ3v) is 5.36. The molecule has 0 aliphatic heterocycles. The molecule has 11 nitrogen and oxygen atoms in total. The Kier molecular flexibility index (Phi) is 7.38. The van der Waals surface area contributed by atoms with Gasteiger partial charge in [-0.05, 0) is 45.0 Å². The van der Waals surface area contributed by atoms with E-state index in [-0.39, 0.29) is 42.7 Å². The lowest BCUT2D eigenvalue weighted by atomic mass is 10.2. The van der Waals surface area contributed by atoms with Crippen molar-refractivity contribution in [2.45, 2.75) is 40.2 Å². The van der Waals surface area contributed by atoms with E-state index < -0.39 is 11.2 Å². The zero-order chi connectivity index (χ0) is 25.7. The molecule has 2 aromatic carbocycles. The summed E-state index contributed by atoms with van der Waals surface area (Å²) in [7, 11) is 0. The van der Waals surface area contributed by atoms with Gasteiger partial charge < -0.3 is 14.6 Å². The molecule has 186 valence electrons. The van der Waals surface area contributed by atoms with Crippen LogP contribution in [0.5, 0.6) is 5.75 Å². The van der Waals surface area contributed by atoms with E-state index >= 15 is 0 Å². The van der Waals surface area contributed by atoms with E-state index in [4.69, 9.17) is 9.26 Å². The monoisotopic (exact) mass is 490 g/mol. The zero-order valence-corrected chi connectivity index (χ0v) is 20.2. The van der Waals surface area contributed by atoms with Crippen LogP contribution in [-0.2, 0) is 17.8 Å². The Labute approximate surface area is 206 Å². The van der Waals surface area contributed by atoms with Gasteiger partial charge in [-0.1, -0.05) is 35.0 Å². The zero-order valence-electron chi connectivity index (χ0n) is 20.2. The second-order valence-electron chi connectivity index (χ2n) is 7.92. The number of anilines is 1. The summed E-state index contributed by atoms with van der Waals surface area (Å²) in [5.41, 5.74) is 0.775. The van der Waals surface area contributed by atoms with Crippen molar-refractivity contribution in [1.82, 2.24) is 24.5 Å². The number of aromatic nitrogens is 5. The SMILES string of the molecule is CCOc1ccccc1NC(=O)CCc1nc(-c2nn(-c3ccc(C)cc3)c(=O)n(CC)c2=O)no1. The van der Waals surface area contributed by atoms with Crippen molar-refractivity contribution in [2.75, 3.05) is 11.9 Å². The van der Waals surface area contributed by atoms with Crippen molar-refractivity contribution in [2.24, 2.45) is 0 Å². The molecule has 2 heterocycles. The lowest BCUT2D eigenvalue weighted by molar-refractivity contribution is -0.116. The van der Waals surface area contributed by atoms with Gasteiger partial charge in [0, 0.05) is 19.4 Å². The highest BCUT2D eigenvalue weighted by atomic mass is 16.5. The van der Waals surface area contributed by atoms with E-state index in [0.717, 1.165) is 14.8 Å². The van der Waals surface area contributed by atoms with E-state index in [9.17, 15) is 14.4 Å². The number of nitrogens with one attached hydrogen (secondary N) is 1. The molecule has 1 N–H and O–H groups in total. The molecular weight excluding hydrogens is 464 g/mol. The van der Waals surface area contributed by atoms with Crippen molar-refractivity contribution < 1.29 is 14.1 Å². The molecule has 0 spiro atoms. The molecular formula is C25H26N6O5. The Hall–Kier alpha value is -4.54. The lowest BCUT2D eigenvalue weighted by Crippen LogP contribution is -2.41. The van der Waals surface area contributed by atoms with Crippen molar-refractivity contribution >= 4 is 11.6 Å². The summed E-state index contributed by atoms with van der Waals surface area (Å²) < 4.78 is 13.0. The molecule has 0 fully saturated rings. The van der Waals surface area contributed by atoms with Crippen molar-refractivity contribution in [1.29, 1.82) is 0 Å². The second-order valence-corrected chi connectivity index (χ2v) is 7.92. The average molecular weight is 491 g/mol. The first-order valence-corrected chi connectivity index (χ1v) is 11.6. The number of nitrogens with zero attached hydrogens (tertiary/aromatic N) is 5. The van der Waals surface area contributed by atoms with Gasteiger partial charge in [-0.25, -0.2) is 4.79 Å². The fraction of sp³-hybridized carbons (Fsp3) is 0.280. The van der Waals surface area contributed by atoms with Gasteiger partial charge in [0.15, 0.2) is 5.69 Å². The first-order chi connectivity index (χ1) is 17.4. The summed E-state index contributed by atoms with van der Waals surface area (Å²) in [4.78, 5) is 42.5. The number of hydrogen-bond donors (Lipinski definition) is 1. The fourth-order valence-corrected chi connectivity index (χ4v) is 3.52. The molecule has 0 saturated carbocycles. The molecule has 4 rings (SSSR count). The van der Waals surface area contributed by atoms with Crippen LogP contribution in [0.15, 0.2) is 62.6 Å². The van der Waals surface area contributed by atoms with Gasteiger partial charge in [0.2, 0.25) is 17.6 Å². The number of ether oxygens (including phenoxy) is 1. The lowest BCUT2D eigenvalue weighted by Gasteiger charge is -2.10. The number of carbonyl (C=O) groups is 1. The maximum absolute atomic E-state index is 12.9. The molecule has 4 aromatic rings. The van der Waals surface area contributed by atoms with E-state index in [1.807, 2.05) is 32.0 Å². The van der Waals surface area contributed by atoms with Gasteiger partial charge in [-0.3, -0.25) is 14.2 Å². The Balaban J connectivity index is 1.54.